The quantitative estimate of drug-likeness (QED) is 0.269. The Kier molecular flexibility index (Phi) is 8.12. The minimum Gasteiger partial charge on any atom is -0.496 e. The molecule has 3 aromatic rings. The molecule has 0 aromatic heterocycles. The molecule has 0 amide bonds. The molecule has 0 saturated carbocycles. The Hall–Kier alpha value is -2.99. The summed E-state index contributed by atoms with van der Waals surface area (Å²) in [6.45, 7) is 3.39. The lowest BCUT2D eigenvalue weighted by Crippen LogP contribution is -2.36. The number of hydrogen-bond donors (Lipinski definition) is 0. The van der Waals surface area contributed by atoms with Crippen molar-refractivity contribution in [1.29, 1.82) is 0 Å². The fraction of sp³-hybridized carbons (Fsp3) is 0.222. The van der Waals surface area contributed by atoms with Crippen LogP contribution in [0, 0.1) is 0 Å². The average molecular weight is 498 g/mol. The van der Waals surface area contributed by atoms with E-state index in [1.54, 1.807) is 37.5 Å². The Labute approximate surface area is 209 Å². The molecule has 1 fully saturated rings. The van der Waals surface area contributed by atoms with Gasteiger partial charge in [-0.2, -0.15) is 0 Å². The SMILES string of the molecule is COc1ccc(/C=C/C(=O)c2ccc(N3CCOCC3)cc2)cc1COc1c(Cl)cccc1Cl. The highest BCUT2D eigenvalue weighted by molar-refractivity contribution is 6.37. The summed E-state index contributed by atoms with van der Waals surface area (Å²) >= 11 is 12.4. The highest BCUT2D eigenvalue weighted by atomic mass is 35.5. The van der Waals surface area contributed by atoms with E-state index in [9.17, 15) is 4.79 Å². The second kappa shape index (κ2) is 11.4. The van der Waals surface area contributed by atoms with E-state index in [-0.39, 0.29) is 12.4 Å². The molecule has 34 heavy (non-hydrogen) atoms. The van der Waals surface area contributed by atoms with Crippen molar-refractivity contribution < 1.29 is 19.0 Å². The summed E-state index contributed by atoms with van der Waals surface area (Å²) in [6, 6.07) is 18.5. The van der Waals surface area contributed by atoms with E-state index >= 15 is 0 Å². The van der Waals surface area contributed by atoms with E-state index in [4.69, 9.17) is 37.4 Å². The maximum absolute atomic E-state index is 12.7. The number of nitrogens with zero attached hydrogens (tertiary/aromatic N) is 1. The molecule has 1 aliphatic rings. The number of ether oxygens (including phenoxy) is 3. The fourth-order valence-electron chi connectivity index (χ4n) is 3.71. The van der Waals surface area contributed by atoms with Crippen LogP contribution >= 0.6 is 23.2 Å². The Balaban J connectivity index is 1.44. The van der Waals surface area contributed by atoms with Crippen molar-refractivity contribution in [3.05, 3.63) is 93.5 Å². The first-order valence-electron chi connectivity index (χ1n) is 10.9. The van der Waals surface area contributed by atoms with Crippen LogP contribution in [0.3, 0.4) is 0 Å². The number of carbonyl (C=O) groups is 1. The van der Waals surface area contributed by atoms with Gasteiger partial charge in [-0.3, -0.25) is 4.79 Å². The van der Waals surface area contributed by atoms with Crippen molar-refractivity contribution in [2.24, 2.45) is 0 Å². The zero-order valence-electron chi connectivity index (χ0n) is 18.8. The van der Waals surface area contributed by atoms with E-state index in [0.717, 1.165) is 43.1 Å². The monoisotopic (exact) mass is 497 g/mol. The van der Waals surface area contributed by atoms with E-state index in [1.807, 2.05) is 42.5 Å². The number of para-hydroxylation sites is 1. The van der Waals surface area contributed by atoms with Crippen molar-refractivity contribution in [3.63, 3.8) is 0 Å². The van der Waals surface area contributed by atoms with Crippen LogP contribution in [0.25, 0.3) is 6.08 Å². The molecule has 0 bridgehead atoms. The summed E-state index contributed by atoms with van der Waals surface area (Å²) in [5.41, 5.74) is 3.40. The van der Waals surface area contributed by atoms with Crippen LogP contribution in [-0.4, -0.2) is 39.2 Å². The molecule has 1 aliphatic heterocycles. The topological polar surface area (TPSA) is 48.0 Å². The maximum atomic E-state index is 12.7. The van der Waals surface area contributed by atoms with Gasteiger partial charge in [-0.15, -0.1) is 0 Å². The van der Waals surface area contributed by atoms with Crippen molar-refractivity contribution >= 4 is 40.7 Å². The van der Waals surface area contributed by atoms with Gasteiger partial charge < -0.3 is 19.1 Å². The van der Waals surface area contributed by atoms with E-state index in [0.29, 0.717) is 27.1 Å². The number of allylic oxidation sites excluding steroid dienone is 1. The highest BCUT2D eigenvalue weighted by Crippen LogP contribution is 2.34. The lowest BCUT2D eigenvalue weighted by molar-refractivity contribution is 0.104. The normalized spacial score (nSPS) is 13.8. The molecule has 7 heteroatoms. The number of halogens is 2. The number of methoxy groups -OCH3 is 1. The van der Waals surface area contributed by atoms with Crippen molar-refractivity contribution in [2.45, 2.75) is 6.61 Å². The third-order valence-electron chi connectivity index (χ3n) is 5.55. The number of benzene rings is 3. The van der Waals surface area contributed by atoms with E-state index in [1.165, 1.54) is 0 Å². The summed E-state index contributed by atoms with van der Waals surface area (Å²) in [5.74, 6) is 1.03. The molecule has 176 valence electrons. The van der Waals surface area contributed by atoms with Crippen molar-refractivity contribution in [3.8, 4) is 11.5 Å². The Morgan fingerprint density at radius 1 is 1.03 bits per heavy atom. The maximum Gasteiger partial charge on any atom is 0.185 e. The molecule has 0 spiro atoms. The highest BCUT2D eigenvalue weighted by Gasteiger charge is 2.12. The first-order valence-corrected chi connectivity index (χ1v) is 11.7. The summed E-state index contributed by atoms with van der Waals surface area (Å²) in [6.07, 6.45) is 3.35. The van der Waals surface area contributed by atoms with Gasteiger partial charge in [-0.1, -0.05) is 41.4 Å². The van der Waals surface area contributed by atoms with Crippen LogP contribution in [0.15, 0.2) is 66.7 Å². The van der Waals surface area contributed by atoms with Crippen molar-refractivity contribution in [1.82, 2.24) is 0 Å². The first kappa shape index (κ1) is 24.1. The smallest absolute Gasteiger partial charge is 0.185 e. The molecule has 0 N–H and O–H groups in total. The number of hydrogen-bond acceptors (Lipinski definition) is 5. The summed E-state index contributed by atoms with van der Waals surface area (Å²) in [5, 5.41) is 0.875. The van der Waals surface area contributed by atoms with Crippen LogP contribution in [0.4, 0.5) is 5.69 Å². The van der Waals surface area contributed by atoms with Gasteiger partial charge in [-0.05, 0) is 60.2 Å². The van der Waals surface area contributed by atoms with Gasteiger partial charge in [-0.25, -0.2) is 0 Å². The molecular formula is C27H25Cl2NO4. The standard InChI is InChI=1S/C27H25Cl2NO4/c1-32-26-12-6-19(17-21(26)18-34-27-23(28)3-2-4-24(27)29)5-11-25(31)20-7-9-22(10-8-20)30-13-15-33-16-14-30/h2-12,17H,13-16,18H2,1H3/b11-5+. The third-order valence-corrected chi connectivity index (χ3v) is 6.15. The molecule has 0 atom stereocenters. The molecular weight excluding hydrogens is 473 g/mol. The van der Waals surface area contributed by atoms with Gasteiger partial charge in [0.15, 0.2) is 11.5 Å². The van der Waals surface area contributed by atoms with Gasteiger partial charge in [0.1, 0.15) is 12.4 Å². The second-order valence-electron chi connectivity index (χ2n) is 7.75. The zero-order chi connectivity index (χ0) is 23.9. The predicted octanol–water partition coefficient (Wildman–Crippen LogP) is 6.31. The molecule has 1 heterocycles. The first-order chi connectivity index (χ1) is 16.5. The van der Waals surface area contributed by atoms with Gasteiger partial charge in [0, 0.05) is 29.9 Å². The number of rotatable bonds is 8. The van der Waals surface area contributed by atoms with Crippen LogP contribution in [-0.2, 0) is 11.3 Å². The largest absolute Gasteiger partial charge is 0.496 e. The van der Waals surface area contributed by atoms with Gasteiger partial charge >= 0.3 is 0 Å². The number of morpholine rings is 1. The Bertz CT molecular complexity index is 1150. The molecule has 1 saturated heterocycles. The third kappa shape index (κ3) is 5.92. The van der Waals surface area contributed by atoms with Gasteiger partial charge in [0.25, 0.3) is 0 Å². The van der Waals surface area contributed by atoms with Crippen LogP contribution < -0.4 is 14.4 Å². The number of anilines is 1. The van der Waals surface area contributed by atoms with E-state index in [2.05, 4.69) is 4.90 Å². The predicted molar refractivity (Wildman–Crippen MR) is 137 cm³/mol. The number of ketones is 1. The van der Waals surface area contributed by atoms with E-state index < -0.39 is 0 Å². The minimum absolute atomic E-state index is 0.0648. The average Bonchev–Trinajstić information content (AvgIpc) is 2.87. The van der Waals surface area contributed by atoms with Gasteiger partial charge in [0.05, 0.1) is 30.4 Å². The van der Waals surface area contributed by atoms with Gasteiger partial charge in [0.2, 0.25) is 0 Å². The Morgan fingerprint density at radius 2 is 1.74 bits per heavy atom. The molecule has 4 rings (SSSR count). The summed E-state index contributed by atoms with van der Waals surface area (Å²) < 4.78 is 16.7. The summed E-state index contributed by atoms with van der Waals surface area (Å²) in [4.78, 5) is 15.0. The fourth-order valence-corrected chi connectivity index (χ4v) is 4.22. The van der Waals surface area contributed by atoms with Crippen LogP contribution in [0.5, 0.6) is 11.5 Å². The molecule has 5 nitrogen and oxygen atoms in total. The zero-order valence-corrected chi connectivity index (χ0v) is 20.3. The number of carbonyl (C=O) groups excluding carboxylic acids is 1. The molecule has 0 unspecified atom stereocenters. The van der Waals surface area contributed by atoms with Crippen molar-refractivity contribution in [2.75, 3.05) is 38.3 Å². The lowest BCUT2D eigenvalue weighted by atomic mass is 10.1. The second-order valence-corrected chi connectivity index (χ2v) is 8.57. The lowest BCUT2D eigenvalue weighted by Gasteiger charge is -2.28. The molecule has 3 aromatic carbocycles. The van der Waals surface area contributed by atoms with Crippen LogP contribution in [0.2, 0.25) is 10.0 Å². The summed E-state index contributed by atoms with van der Waals surface area (Å²) in [7, 11) is 1.60. The Morgan fingerprint density at radius 3 is 2.41 bits per heavy atom. The molecule has 0 aliphatic carbocycles. The van der Waals surface area contributed by atoms with Crippen LogP contribution in [0.1, 0.15) is 21.5 Å². The minimum atomic E-state index is -0.0648. The molecule has 0 radical (unpaired) electrons.